The van der Waals surface area contributed by atoms with Crippen molar-refractivity contribution in [3.63, 3.8) is 0 Å². The largest absolute Gasteiger partial charge is 0.393 e. The molecule has 1 N–H and O–H groups in total. The Bertz CT molecular complexity index is 662. The molecule has 2 aromatic carbocycles. The van der Waals surface area contributed by atoms with Gasteiger partial charge in [0.1, 0.15) is 0 Å². The van der Waals surface area contributed by atoms with Crippen LogP contribution in [0, 0.1) is 5.41 Å². The van der Waals surface area contributed by atoms with Crippen molar-refractivity contribution >= 4 is 10.8 Å². The first kappa shape index (κ1) is 14.2. The lowest BCUT2D eigenvalue weighted by molar-refractivity contribution is -0.0119. The van der Waals surface area contributed by atoms with E-state index in [-0.39, 0.29) is 11.5 Å². The van der Waals surface area contributed by atoms with Crippen LogP contribution >= 0.6 is 0 Å². The van der Waals surface area contributed by atoms with Gasteiger partial charge >= 0.3 is 0 Å². The molecule has 2 atom stereocenters. The van der Waals surface area contributed by atoms with Gasteiger partial charge in [0, 0.05) is 18.5 Å². The third-order valence-electron chi connectivity index (χ3n) is 5.82. The first-order valence-electron chi connectivity index (χ1n) is 8.64. The summed E-state index contributed by atoms with van der Waals surface area (Å²) in [5, 5.41) is 13.1. The number of hydrogen-bond acceptors (Lipinski definition) is 2. The third kappa shape index (κ3) is 2.45. The lowest BCUT2D eigenvalue weighted by atomic mass is 9.76. The molecule has 2 fully saturated rings. The van der Waals surface area contributed by atoms with Gasteiger partial charge in [0.15, 0.2) is 0 Å². The molecule has 0 unspecified atom stereocenters. The van der Waals surface area contributed by atoms with Crippen LogP contribution in [0.15, 0.2) is 42.5 Å². The standard InChI is InChI=1S/C20H25NO/c22-19-10-4-11-20(19)12-5-13-21(15-20)14-17-8-3-7-16-6-1-2-9-18(16)17/h1-3,6-9,19,22H,4-5,10-15H2/t19-,20+/m1/s1. The maximum absolute atomic E-state index is 10.4. The number of likely N-dealkylation sites (tertiary alicyclic amines) is 1. The topological polar surface area (TPSA) is 23.5 Å². The molecule has 116 valence electrons. The highest BCUT2D eigenvalue weighted by atomic mass is 16.3. The van der Waals surface area contributed by atoms with Gasteiger partial charge < -0.3 is 5.11 Å². The van der Waals surface area contributed by atoms with Gasteiger partial charge in [0.05, 0.1) is 6.10 Å². The molecule has 0 aromatic heterocycles. The summed E-state index contributed by atoms with van der Waals surface area (Å²) in [6.07, 6.45) is 5.76. The van der Waals surface area contributed by atoms with Crippen molar-refractivity contribution in [3.05, 3.63) is 48.0 Å². The average molecular weight is 295 g/mol. The van der Waals surface area contributed by atoms with Crippen molar-refractivity contribution in [3.8, 4) is 0 Å². The number of fused-ring (bicyclic) bond motifs is 1. The Morgan fingerprint density at radius 1 is 1.05 bits per heavy atom. The predicted octanol–water partition coefficient (Wildman–Crippen LogP) is 3.97. The highest BCUT2D eigenvalue weighted by molar-refractivity contribution is 5.85. The van der Waals surface area contributed by atoms with Crippen molar-refractivity contribution in [2.75, 3.05) is 13.1 Å². The first-order valence-corrected chi connectivity index (χ1v) is 8.64. The normalized spacial score (nSPS) is 29.4. The molecule has 1 heterocycles. The predicted molar refractivity (Wildman–Crippen MR) is 90.7 cm³/mol. The maximum Gasteiger partial charge on any atom is 0.0608 e. The van der Waals surface area contributed by atoms with Gasteiger partial charge in [-0.25, -0.2) is 0 Å². The van der Waals surface area contributed by atoms with Crippen LogP contribution < -0.4 is 0 Å². The smallest absolute Gasteiger partial charge is 0.0608 e. The van der Waals surface area contributed by atoms with E-state index >= 15 is 0 Å². The average Bonchev–Trinajstić information content (AvgIpc) is 2.88. The maximum atomic E-state index is 10.4. The fourth-order valence-corrected chi connectivity index (χ4v) is 4.66. The highest BCUT2D eigenvalue weighted by Gasteiger charge is 2.44. The number of aliphatic hydroxyl groups excluding tert-OH is 1. The summed E-state index contributed by atoms with van der Waals surface area (Å²) in [5.74, 6) is 0. The zero-order valence-electron chi connectivity index (χ0n) is 13.2. The number of aliphatic hydroxyl groups is 1. The first-order chi connectivity index (χ1) is 10.8. The Morgan fingerprint density at radius 2 is 1.86 bits per heavy atom. The molecule has 0 amide bonds. The molecular weight excluding hydrogens is 270 g/mol. The number of rotatable bonds is 2. The van der Waals surface area contributed by atoms with Crippen LogP contribution in [0.4, 0.5) is 0 Å². The number of hydrogen-bond donors (Lipinski definition) is 1. The van der Waals surface area contributed by atoms with E-state index in [0.29, 0.717) is 0 Å². The fourth-order valence-electron chi connectivity index (χ4n) is 4.66. The van der Waals surface area contributed by atoms with Gasteiger partial charge in [0.25, 0.3) is 0 Å². The number of piperidine rings is 1. The van der Waals surface area contributed by atoms with Gasteiger partial charge in [-0.3, -0.25) is 4.90 Å². The monoisotopic (exact) mass is 295 g/mol. The lowest BCUT2D eigenvalue weighted by Gasteiger charge is -2.42. The molecule has 2 aromatic rings. The van der Waals surface area contributed by atoms with Gasteiger partial charge in [-0.05, 0) is 48.6 Å². The molecular formula is C20H25NO. The Morgan fingerprint density at radius 3 is 2.73 bits per heavy atom. The SMILES string of the molecule is O[C@@H]1CCC[C@@]12CCCN(Cc1cccc3ccccc13)C2. The summed E-state index contributed by atoms with van der Waals surface area (Å²) in [6.45, 7) is 3.24. The zero-order valence-corrected chi connectivity index (χ0v) is 13.2. The molecule has 1 saturated carbocycles. The van der Waals surface area contributed by atoms with Gasteiger partial charge in [-0.1, -0.05) is 48.9 Å². The van der Waals surface area contributed by atoms with Crippen LogP contribution in [-0.2, 0) is 6.54 Å². The third-order valence-corrected chi connectivity index (χ3v) is 5.82. The highest BCUT2D eigenvalue weighted by Crippen LogP contribution is 2.45. The van der Waals surface area contributed by atoms with E-state index in [1.807, 2.05) is 0 Å². The molecule has 2 heteroatoms. The summed E-state index contributed by atoms with van der Waals surface area (Å²) in [5.41, 5.74) is 1.60. The van der Waals surface area contributed by atoms with E-state index in [1.165, 1.54) is 42.0 Å². The van der Waals surface area contributed by atoms with Crippen LogP contribution in [0.1, 0.15) is 37.7 Å². The van der Waals surface area contributed by atoms with Crippen LogP contribution in [0.3, 0.4) is 0 Å². The molecule has 4 rings (SSSR count). The second-order valence-electron chi connectivity index (χ2n) is 7.22. The van der Waals surface area contributed by atoms with E-state index in [2.05, 4.69) is 47.4 Å². The minimum absolute atomic E-state index is 0.0807. The minimum Gasteiger partial charge on any atom is -0.393 e. The van der Waals surface area contributed by atoms with Crippen molar-refractivity contribution < 1.29 is 5.11 Å². The summed E-state index contributed by atoms with van der Waals surface area (Å²) in [4.78, 5) is 2.57. The molecule has 0 radical (unpaired) electrons. The molecule has 0 bridgehead atoms. The van der Waals surface area contributed by atoms with Gasteiger partial charge in [-0.2, -0.15) is 0 Å². The molecule has 1 aliphatic heterocycles. The van der Waals surface area contributed by atoms with E-state index in [4.69, 9.17) is 0 Å². The second kappa shape index (κ2) is 5.68. The summed E-state index contributed by atoms with van der Waals surface area (Å²) in [6, 6.07) is 15.3. The van der Waals surface area contributed by atoms with Gasteiger partial charge in [-0.15, -0.1) is 0 Å². The molecule has 1 saturated heterocycles. The molecule has 2 aliphatic rings. The van der Waals surface area contributed by atoms with Crippen molar-refractivity contribution in [2.45, 2.75) is 44.8 Å². The van der Waals surface area contributed by atoms with E-state index in [1.54, 1.807) is 0 Å². The van der Waals surface area contributed by atoms with E-state index in [0.717, 1.165) is 26.1 Å². The Balaban J connectivity index is 1.57. The summed E-state index contributed by atoms with van der Waals surface area (Å²) >= 11 is 0. The lowest BCUT2D eigenvalue weighted by Crippen LogP contribution is -2.46. The minimum atomic E-state index is -0.0807. The van der Waals surface area contributed by atoms with Crippen LogP contribution in [0.2, 0.25) is 0 Å². The van der Waals surface area contributed by atoms with Crippen molar-refractivity contribution in [1.29, 1.82) is 0 Å². The van der Waals surface area contributed by atoms with Gasteiger partial charge in [0.2, 0.25) is 0 Å². The summed E-state index contributed by atoms with van der Waals surface area (Å²) in [7, 11) is 0. The molecule has 1 aliphatic carbocycles. The second-order valence-corrected chi connectivity index (χ2v) is 7.22. The number of nitrogens with zero attached hydrogens (tertiary/aromatic N) is 1. The molecule has 22 heavy (non-hydrogen) atoms. The molecule has 1 spiro atoms. The fraction of sp³-hybridized carbons (Fsp3) is 0.500. The van der Waals surface area contributed by atoms with Crippen LogP contribution in [0.25, 0.3) is 10.8 Å². The Hall–Kier alpha value is -1.38. The van der Waals surface area contributed by atoms with Crippen LogP contribution in [-0.4, -0.2) is 29.2 Å². The quantitative estimate of drug-likeness (QED) is 0.906. The molecule has 2 nitrogen and oxygen atoms in total. The van der Waals surface area contributed by atoms with E-state index in [9.17, 15) is 5.11 Å². The Labute approximate surface area is 132 Å². The summed E-state index contributed by atoms with van der Waals surface area (Å²) < 4.78 is 0. The van der Waals surface area contributed by atoms with E-state index < -0.39 is 0 Å². The van der Waals surface area contributed by atoms with Crippen molar-refractivity contribution in [2.24, 2.45) is 5.41 Å². The Kier molecular flexibility index (Phi) is 3.67. The van der Waals surface area contributed by atoms with Crippen molar-refractivity contribution in [1.82, 2.24) is 4.90 Å². The number of benzene rings is 2. The zero-order chi connectivity index (χ0) is 15.0. The van der Waals surface area contributed by atoms with Crippen LogP contribution in [0.5, 0.6) is 0 Å².